The minimum atomic E-state index is -0.190. The van der Waals surface area contributed by atoms with E-state index in [0.29, 0.717) is 5.56 Å². The highest BCUT2D eigenvalue weighted by Crippen LogP contribution is 1.98. The van der Waals surface area contributed by atoms with Gasteiger partial charge in [-0.3, -0.25) is 9.36 Å². The second kappa shape index (κ2) is 4.25. The van der Waals surface area contributed by atoms with Gasteiger partial charge in [-0.05, 0) is 0 Å². The van der Waals surface area contributed by atoms with Crippen molar-refractivity contribution in [2.45, 2.75) is 0 Å². The smallest absolute Gasteiger partial charge is 0.237 e. The third-order valence-electron chi connectivity index (χ3n) is 1.84. The average molecular weight is 196 g/mol. The molecule has 0 aliphatic carbocycles. The number of hydrogen-bond acceptors (Lipinski definition) is 2. The molecule has 0 saturated carbocycles. The third-order valence-corrected chi connectivity index (χ3v) is 1.84. The Morgan fingerprint density at radius 1 is 1.27 bits per heavy atom. The van der Waals surface area contributed by atoms with Crippen molar-refractivity contribution in [1.82, 2.24) is 9.55 Å². The molecule has 0 radical (unpaired) electrons. The standard InChI is InChI=1S/C12H8N2O/c15-12(11-4-2-1-3-5-11)6-8-14-9-7-13-10-14/h1-5,7,9-10H. The van der Waals surface area contributed by atoms with E-state index in [0.717, 1.165) is 0 Å². The van der Waals surface area contributed by atoms with Gasteiger partial charge in [0.05, 0.1) is 0 Å². The lowest BCUT2D eigenvalue weighted by atomic mass is 10.1. The molecule has 0 spiro atoms. The van der Waals surface area contributed by atoms with Gasteiger partial charge in [-0.2, -0.15) is 0 Å². The van der Waals surface area contributed by atoms with Crippen molar-refractivity contribution < 1.29 is 4.79 Å². The van der Waals surface area contributed by atoms with E-state index in [2.05, 4.69) is 16.9 Å². The lowest BCUT2D eigenvalue weighted by Gasteiger charge is -1.90. The van der Waals surface area contributed by atoms with E-state index in [4.69, 9.17) is 0 Å². The molecule has 0 saturated heterocycles. The van der Waals surface area contributed by atoms with Gasteiger partial charge in [-0.15, -0.1) is 0 Å². The molecular weight excluding hydrogens is 188 g/mol. The number of benzene rings is 1. The van der Waals surface area contributed by atoms with Crippen molar-refractivity contribution in [3.05, 3.63) is 54.6 Å². The van der Waals surface area contributed by atoms with Crippen LogP contribution in [0.1, 0.15) is 10.4 Å². The molecule has 0 unspecified atom stereocenters. The molecule has 1 heterocycles. The Hall–Kier alpha value is -2.34. The quantitative estimate of drug-likeness (QED) is 0.512. The zero-order valence-electron chi connectivity index (χ0n) is 7.92. The largest absolute Gasteiger partial charge is 0.279 e. The van der Waals surface area contributed by atoms with E-state index >= 15 is 0 Å². The lowest BCUT2D eigenvalue weighted by molar-refractivity contribution is 0.105. The Morgan fingerprint density at radius 3 is 2.73 bits per heavy atom. The number of ketones is 1. The molecule has 0 aliphatic heterocycles. The molecule has 0 atom stereocenters. The molecule has 1 aromatic heterocycles. The van der Waals surface area contributed by atoms with E-state index in [-0.39, 0.29) is 5.78 Å². The van der Waals surface area contributed by atoms with Gasteiger partial charge >= 0.3 is 0 Å². The van der Waals surface area contributed by atoms with Gasteiger partial charge in [0.2, 0.25) is 5.78 Å². The summed E-state index contributed by atoms with van der Waals surface area (Å²) >= 11 is 0. The highest BCUT2D eigenvalue weighted by molar-refractivity contribution is 6.08. The molecule has 15 heavy (non-hydrogen) atoms. The highest BCUT2D eigenvalue weighted by Gasteiger charge is 1.98. The lowest BCUT2D eigenvalue weighted by Crippen LogP contribution is -1.95. The maximum absolute atomic E-state index is 11.5. The summed E-state index contributed by atoms with van der Waals surface area (Å²) in [4.78, 5) is 15.4. The summed E-state index contributed by atoms with van der Waals surface area (Å²) in [7, 11) is 0. The first-order valence-electron chi connectivity index (χ1n) is 4.45. The average Bonchev–Trinajstić information content (AvgIpc) is 2.80. The van der Waals surface area contributed by atoms with Crippen molar-refractivity contribution in [3.63, 3.8) is 0 Å². The first-order chi connectivity index (χ1) is 7.36. The van der Waals surface area contributed by atoms with Crippen molar-refractivity contribution in [3.8, 4) is 12.0 Å². The molecule has 2 aromatic rings. The van der Waals surface area contributed by atoms with Crippen LogP contribution in [0, 0.1) is 12.0 Å². The minimum Gasteiger partial charge on any atom is -0.279 e. The van der Waals surface area contributed by atoms with Crippen LogP contribution in [0.2, 0.25) is 0 Å². The van der Waals surface area contributed by atoms with Gasteiger partial charge in [-0.25, -0.2) is 4.98 Å². The molecule has 0 fully saturated rings. The minimum absolute atomic E-state index is 0.190. The summed E-state index contributed by atoms with van der Waals surface area (Å²) in [6.45, 7) is 0. The number of rotatable bonds is 1. The number of carbonyl (C=O) groups excluding carboxylic acids is 1. The zero-order valence-corrected chi connectivity index (χ0v) is 7.92. The Labute approximate surface area is 87.4 Å². The number of aromatic nitrogens is 2. The summed E-state index contributed by atoms with van der Waals surface area (Å²) in [5, 5.41) is 0. The SMILES string of the molecule is O=C(C#Cn1ccnc1)c1ccccc1. The topological polar surface area (TPSA) is 34.9 Å². The summed E-state index contributed by atoms with van der Waals surface area (Å²) in [6.07, 6.45) is 4.85. The Balaban J connectivity index is 2.17. The summed E-state index contributed by atoms with van der Waals surface area (Å²) in [5.74, 6) is 2.34. The Bertz CT molecular complexity index is 504. The van der Waals surface area contributed by atoms with Gasteiger partial charge in [-0.1, -0.05) is 30.3 Å². The van der Waals surface area contributed by atoms with Gasteiger partial charge in [0.15, 0.2) is 0 Å². The van der Waals surface area contributed by atoms with Crippen LogP contribution < -0.4 is 0 Å². The predicted octanol–water partition coefficient (Wildman–Crippen LogP) is 1.57. The van der Waals surface area contributed by atoms with Gasteiger partial charge in [0.1, 0.15) is 6.33 Å². The first-order valence-corrected chi connectivity index (χ1v) is 4.45. The van der Waals surface area contributed by atoms with E-state index in [1.807, 2.05) is 18.2 Å². The molecule has 72 valence electrons. The Kier molecular flexibility index (Phi) is 2.61. The normalized spacial score (nSPS) is 9.07. The second-order valence-corrected chi connectivity index (χ2v) is 2.90. The summed E-state index contributed by atoms with van der Waals surface area (Å²) in [5.41, 5.74) is 0.602. The maximum atomic E-state index is 11.5. The highest BCUT2D eigenvalue weighted by atomic mass is 16.1. The molecule has 3 heteroatoms. The van der Waals surface area contributed by atoms with E-state index in [1.165, 1.54) is 0 Å². The van der Waals surface area contributed by atoms with Crippen LogP contribution in [0.15, 0.2) is 49.1 Å². The van der Waals surface area contributed by atoms with Gasteiger partial charge in [0.25, 0.3) is 0 Å². The van der Waals surface area contributed by atoms with E-state index in [9.17, 15) is 4.79 Å². The Morgan fingerprint density at radius 2 is 2.07 bits per heavy atom. The molecule has 2 rings (SSSR count). The fourth-order valence-corrected chi connectivity index (χ4v) is 1.10. The monoisotopic (exact) mass is 196 g/mol. The van der Waals surface area contributed by atoms with Crippen LogP contribution >= 0.6 is 0 Å². The van der Waals surface area contributed by atoms with E-state index in [1.54, 1.807) is 35.4 Å². The predicted molar refractivity (Wildman–Crippen MR) is 56.2 cm³/mol. The molecule has 0 amide bonds. The van der Waals surface area contributed by atoms with Crippen LogP contribution in [-0.2, 0) is 0 Å². The zero-order chi connectivity index (χ0) is 10.5. The van der Waals surface area contributed by atoms with Crippen molar-refractivity contribution in [2.75, 3.05) is 0 Å². The van der Waals surface area contributed by atoms with Crippen LogP contribution in [-0.4, -0.2) is 15.3 Å². The van der Waals surface area contributed by atoms with Crippen molar-refractivity contribution in [1.29, 1.82) is 0 Å². The van der Waals surface area contributed by atoms with Crippen molar-refractivity contribution in [2.24, 2.45) is 0 Å². The number of nitrogens with zero attached hydrogens (tertiary/aromatic N) is 2. The molecule has 0 aliphatic rings. The van der Waals surface area contributed by atoms with E-state index < -0.39 is 0 Å². The number of Topliss-reactive ketones (excluding diaryl/α,β-unsaturated/α-hetero) is 1. The fourth-order valence-electron chi connectivity index (χ4n) is 1.10. The summed E-state index contributed by atoms with van der Waals surface area (Å²) in [6, 6.07) is 11.6. The number of carbonyl (C=O) groups is 1. The maximum Gasteiger partial charge on any atom is 0.237 e. The van der Waals surface area contributed by atoms with Crippen LogP contribution in [0.5, 0.6) is 0 Å². The molecular formula is C12H8N2O. The van der Waals surface area contributed by atoms with Gasteiger partial charge < -0.3 is 0 Å². The van der Waals surface area contributed by atoms with Crippen LogP contribution in [0.4, 0.5) is 0 Å². The third kappa shape index (κ3) is 2.32. The van der Waals surface area contributed by atoms with Crippen LogP contribution in [0.3, 0.4) is 0 Å². The molecule has 0 N–H and O–H groups in total. The molecule has 1 aromatic carbocycles. The first kappa shape index (κ1) is 9.22. The molecule has 0 bridgehead atoms. The van der Waals surface area contributed by atoms with Gasteiger partial charge in [0, 0.05) is 29.9 Å². The van der Waals surface area contributed by atoms with Crippen LogP contribution in [0.25, 0.3) is 0 Å². The summed E-state index contributed by atoms with van der Waals surface area (Å²) < 4.78 is 1.54. The second-order valence-electron chi connectivity index (χ2n) is 2.90. The number of hydrogen-bond donors (Lipinski definition) is 0. The molecule has 3 nitrogen and oxygen atoms in total. The fraction of sp³-hybridized carbons (Fsp3) is 0. The number of imidazole rings is 1. The van der Waals surface area contributed by atoms with Crippen molar-refractivity contribution >= 4 is 5.78 Å².